The Balaban J connectivity index is 1.55. The van der Waals surface area contributed by atoms with Crippen molar-refractivity contribution in [3.63, 3.8) is 0 Å². The molecule has 0 bridgehead atoms. The predicted octanol–water partition coefficient (Wildman–Crippen LogP) is 4.14. The number of benzene rings is 2. The molecule has 0 aliphatic rings. The van der Waals surface area contributed by atoms with Gasteiger partial charge < -0.3 is 9.84 Å². The third-order valence-corrected chi connectivity index (χ3v) is 4.15. The Morgan fingerprint density at radius 3 is 1.92 bits per heavy atom. The molecule has 134 valence electrons. The molecule has 5 heteroatoms. The SMILES string of the molecule is OCCCCCCOc1ccc(-c2ccc(-c3ncncn3)cc2)cc1. The summed E-state index contributed by atoms with van der Waals surface area (Å²) in [6.07, 6.45) is 7.04. The number of hydrogen-bond acceptors (Lipinski definition) is 5. The molecule has 3 aromatic rings. The summed E-state index contributed by atoms with van der Waals surface area (Å²) in [6.45, 7) is 0.990. The second-order valence-corrected chi connectivity index (χ2v) is 6.05. The largest absolute Gasteiger partial charge is 0.494 e. The van der Waals surface area contributed by atoms with Gasteiger partial charge in [0.05, 0.1) is 6.61 Å². The number of aromatic nitrogens is 3. The molecule has 1 heterocycles. The number of aliphatic hydroxyl groups excluding tert-OH is 1. The average molecular weight is 349 g/mol. The molecule has 0 aliphatic carbocycles. The molecule has 26 heavy (non-hydrogen) atoms. The maximum Gasteiger partial charge on any atom is 0.162 e. The number of aliphatic hydroxyl groups is 1. The molecule has 0 unspecified atom stereocenters. The molecular weight excluding hydrogens is 326 g/mol. The van der Waals surface area contributed by atoms with E-state index >= 15 is 0 Å². The van der Waals surface area contributed by atoms with Crippen LogP contribution < -0.4 is 4.74 Å². The molecule has 0 saturated heterocycles. The summed E-state index contributed by atoms with van der Waals surface area (Å²) in [5.41, 5.74) is 3.25. The number of unbranched alkanes of at least 4 members (excludes halogenated alkanes) is 3. The summed E-state index contributed by atoms with van der Waals surface area (Å²) in [5, 5.41) is 8.75. The van der Waals surface area contributed by atoms with Crippen LogP contribution in [0.1, 0.15) is 25.7 Å². The van der Waals surface area contributed by atoms with Gasteiger partial charge in [-0.1, -0.05) is 42.8 Å². The van der Waals surface area contributed by atoms with Crippen molar-refractivity contribution < 1.29 is 9.84 Å². The molecular formula is C21H23N3O2. The molecule has 0 fully saturated rings. The van der Waals surface area contributed by atoms with Crippen molar-refractivity contribution in [2.75, 3.05) is 13.2 Å². The van der Waals surface area contributed by atoms with E-state index < -0.39 is 0 Å². The fourth-order valence-electron chi connectivity index (χ4n) is 2.70. The fraction of sp³-hybridized carbons (Fsp3) is 0.286. The lowest BCUT2D eigenvalue weighted by molar-refractivity contribution is 0.273. The number of nitrogens with zero attached hydrogens (tertiary/aromatic N) is 3. The summed E-state index contributed by atoms with van der Waals surface area (Å²) in [6, 6.07) is 16.3. The Bertz CT molecular complexity index is 775. The number of hydrogen-bond donors (Lipinski definition) is 1. The molecule has 0 amide bonds. The van der Waals surface area contributed by atoms with Gasteiger partial charge in [0.25, 0.3) is 0 Å². The summed E-state index contributed by atoms with van der Waals surface area (Å²) >= 11 is 0. The average Bonchev–Trinajstić information content (AvgIpc) is 2.72. The van der Waals surface area contributed by atoms with Gasteiger partial charge in [0.1, 0.15) is 18.4 Å². The second-order valence-electron chi connectivity index (χ2n) is 6.05. The van der Waals surface area contributed by atoms with Gasteiger partial charge in [-0.25, -0.2) is 15.0 Å². The summed E-state index contributed by atoms with van der Waals surface area (Å²) in [7, 11) is 0. The van der Waals surface area contributed by atoms with Crippen molar-refractivity contribution in [1.29, 1.82) is 0 Å². The quantitative estimate of drug-likeness (QED) is 0.588. The molecule has 1 N–H and O–H groups in total. The zero-order valence-corrected chi connectivity index (χ0v) is 14.7. The Hall–Kier alpha value is -2.79. The van der Waals surface area contributed by atoms with Gasteiger partial charge in [0.15, 0.2) is 5.82 Å². The van der Waals surface area contributed by atoms with Gasteiger partial charge in [-0.3, -0.25) is 0 Å². The van der Waals surface area contributed by atoms with E-state index in [0.29, 0.717) is 12.4 Å². The Morgan fingerprint density at radius 1 is 0.692 bits per heavy atom. The van der Waals surface area contributed by atoms with E-state index in [1.807, 2.05) is 24.3 Å². The van der Waals surface area contributed by atoms with Crippen LogP contribution in [-0.2, 0) is 0 Å². The minimum Gasteiger partial charge on any atom is -0.494 e. The van der Waals surface area contributed by atoms with Crippen LogP contribution in [0.2, 0.25) is 0 Å². The molecule has 0 saturated carbocycles. The van der Waals surface area contributed by atoms with Gasteiger partial charge in [0.2, 0.25) is 0 Å². The first-order chi connectivity index (χ1) is 12.9. The summed E-state index contributed by atoms with van der Waals surface area (Å²) in [4.78, 5) is 12.2. The third kappa shape index (κ3) is 5.10. The molecule has 5 nitrogen and oxygen atoms in total. The lowest BCUT2D eigenvalue weighted by atomic mass is 10.0. The van der Waals surface area contributed by atoms with Crippen LogP contribution in [-0.4, -0.2) is 33.3 Å². The van der Waals surface area contributed by atoms with E-state index in [1.54, 1.807) is 0 Å². The molecule has 1 aromatic heterocycles. The van der Waals surface area contributed by atoms with Crippen LogP contribution in [0.25, 0.3) is 22.5 Å². The van der Waals surface area contributed by atoms with Gasteiger partial charge in [0, 0.05) is 12.2 Å². The summed E-state index contributed by atoms with van der Waals surface area (Å²) in [5.74, 6) is 1.56. The minimum absolute atomic E-state index is 0.277. The van der Waals surface area contributed by atoms with Crippen molar-refractivity contribution in [3.05, 3.63) is 61.2 Å². The molecule has 0 aliphatic heterocycles. The van der Waals surface area contributed by atoms with Crippen molar-refractivity contribution >= 4 is 0 Å². The fourth-order valence-corrected chi connectivity index (χ4v) is 2.70. The maximum absolute atomic E-state index is 8.75. The highest BCUT2D eigenvalue weighted by molar-refractivity contribution is 5.68. The highest BCUT2D eigenvalue weighted by atomic mass is 16.5. The first-order valence-corrected chi connectivity index (χ1v) is 8.93. The smallest absolute Gasteiger partial charge is 0.162 e. The Labute approximate surface area is 153 Å². The molecule has 2 aromatic carbocycles. The lowest BCUT2D eigenvalue weighted by Crippen LogP contribution is -1.97. The van der Waals surface area contributed by atoms with Crippen LogP contribution in [0.15, 0.2) is 61.2 Å². The first-order valence-electron chi connectivity index (χ1n) is 8.93. The Kier molecular flexibility index (Phi) is 6.67. The van der Waals surface area contributed by atoms with Gasteiger partial charge >= 0.3 is 0 Å². The van der Waals surface area contributed by atoms with E-state index in [-0.39, 0.29) is 6.61 Å². The maximum atomic E-state index is 8.75. The van der Waals surface area contributed by atoms with Gasteiger partial charge in [-0.15, -0.1) is 0 Å². The van der Waals surface area contributed by atoms with Crippen LogP contribution in [0.5, 0.6) is 5.75 Å². The predicted molar refractivity (Wildman–Crippen MR) is 102 cm³/mol. The zero-order chi connectivity index (χ0) is 18.0. The van der Waals surface area contributed by atoms with E-state index in [0.717, 1.165) is 48.1 Å². The highest BCUT2D eigenvalue weighted by Crippen LogP contribution is 2.25. The van der Waals surface area contributed by atoms with Crippen molar-refractivity contribution in [1.82, 2.24) is 15.0 Å². The zero-order valence-electron chi connectivity index (χ0n) is 14.7. The van der Waals surface area contributed by atoms with E-state index in [2.05, 4.69) is 39.2 Å². The summed E-state index contributed by atoms with van der Waals surface area (Å²) < 4.78 is 5.77. The molecule has 0 atom stereocenters. The monoisotopic (exact) mass is 349 g/mol. The number of ether oxygens (including phenoxy) is 1. The van der Waals surface area contributed by atoms with Crippen molar-refractivity contribution in [3.8, 4) is 28.3 Å². The normalized spacial score (nSPS) is 10.7. The van der Waals surface area contributed by atoms with Crippen LogP contribution >= 0.6 is 0 Å². The molecule has 0 radical (unpaired) electrons. The lowest BCUT2D eigenvalue weighted by Gasteiger charge is -2.08. The second kappa shape index (κ2) is 9.63. The van der Waals surface area contributed by atoms with Gasteiger partial charge in [-0.2, -0.15) is 0 Å². The van der Waals surface area contributed by atoms with Gasteiger partial charge in [-0.05, 0) is 42.5 Å². The molecule has 0 spiro atoms. The van der Waals surface area contributed by atoms with E-state index in [9.17, 15) is 0 Å². The molecule has 3 rings (SSSR count). The highest BCUT2D eigenvalue weighted by Gasteiger charge is 2.03. The first kappa shape index (κ1) is 18.0. The minimum atomic E-state index is 0.277. The van der Waals surface area contributed by atoms with Crippen molar-refractivity contribution in [2.45, 2.75) is 25.7 Å². The van der Waals surface area contributed by atoms with Crippen molar-refractivity contribution in [2.24, 2.45) is 0 Å². The van der Waals surface area contributed by atoms with E-state index in [1.165, 1.54) is 12.7 Å². The van der Waals surface area contributed by atoms with E-state index in [4.69, 9.17) is 9.84 Å². The topological polar surface area (TPSA) is 68.1 Å². The number of rotatable bonds is 9. The standard InChI is InChI=1S/C21H23N3O2/c25-13-3-1-2-4-14-26-20-11-9-18(10-12-20)17-5-7-19(8-6-17)21-23-15-22-16-24-21/h5-12,15-16,25H,1-4,13-14H2. The van der Waals surface area contributed by atoms with Crippen LogP contribution in [0.4, 0.5) is 0 Å². The van der Waals surface area contributed by atoms with Crippen LogP contribution in [0.3, 0.4) is 0 Å². The third-order valence-electron chi connectivity index (χ3n) is 4.15. The van der Waals surface area contributed by atoms with Crippen LogP contribution in [0, 0.1) is 0 Å². The Morgan fingerprint density at radius 2 is 1.27 bits per heavy atom.